The molecule has 5 heteroatoms. The van der Waals surface area contributed by atoms with Crippen LogP contribution >= 0.6 is 0 Å². The molecule has 0 aromatic heterocycles. The van der Waals surface area contributed by atoms with Gasteiger partial charge in [-0.05, 0) is 6.07 Å². The number of hydrogen-bond acceptors (Lipinski definition) is 3. The third kappa shape index (κ3) is 1.21. The van der Waals surface area contributed by atoms with Gasteiger partial charge in [0.1, 0.15) is 0 Å². The van der Waals surface area contributed by atoms with Crippen LogP contribution in [0.1, 0.15) is 11.1 Å². The van der Waals surface area contributed by atoms with Crippen LogP contribution in [0, 0.1) is 11.6 Å². The predicted molar refractivity (Wildman–Crippen MR) is 44.9 cm³/mol. The van der Waals surface area contributed by atoms with Crippen LogP contribution in [0.3, 0.4) is 0 Å². The van der Waals surface area contributed by atoms with Gasteiger partial charge in [0.15, 0.2) is 11.6 Å². The number of halogens is 2. The lowest BCUT2D eigenvalue weighted by Gasteiger charge is -2.04. The molecule has 0 fully saturated rings. The Balaban J connectivity index is 2.63. The Hall–Kier alpha value is -1.65. The molecule has 0 bridgehead atoms. The normalized spacial score (nSPS) is 14.4. The summed E-state index contributed by atoms with van der Waals surface area (Å²) in [7, 11) is 0. The first-order valence-corrected chi connectivity index (χ1v) is 4.05. The van der Waals surface area contributed by atoms with E-state index < -0.39 is 11.6 Å². The first-order chi connectivity index (χ1) is 6.74. The third-order valence-electron chi connectivity index (χ3n) is 2.11. The highest BCUT2D eigenvalue weighted by molar-refractivity contribution is 5.83. The number of ether oxygens (including phenoxy) is 1. The maximum Gasteiger partial charge on any atom is 0.200 e. The van der Waals surface area contributed by atoms with Crippen molar-refractivity contribution in [1.29, 1.82) is 0 Å². The molecular formula is C9H7F2NO2. The number of rotatable bonds is 1. The van der Waals surface area contributed by atoms with Crippen molar-refractivity contribution < 1.29 is 18.7 Å². The molecule has 1 heterocycles. The molecule has 1 N–H and O–H groups in total. The van der Waals surface area contributed by atoms with Gasteiger partial charge < -0.3 is 9.94 Å². The zero-order valence-corrected chi connectivity index (χ0v) is 7.13. The third-order valence-corrected chi connectivity index (χ3v) is 2.11. The van der Waals surface area contributed by atoms with Crippen molar-refractivity contribution in [3.8, 4) is 5.75 Å². The Morgan fingerprint density at radius 2 is 2.29 bits per heavy atom. The van der Waals surface area contributed by atoms with Crippen molar-refractivity contribution in [3.63, 3.8) is 0 Å². The summed E-state index contributed by atoms with van der Waals surface area (Å²) in [6.07, 6.45) is 1.56. The van der Waals surface area contributed by atoms with E-state index in [9.17, 15) is 8.78 Å². The second-order valence-corrected chi connectivity index (χ2v) is 2.91. The molecule has 14 heavy (non-hydrogen) atoms. The minimum absolute atomic E-state index is 0.0695. The van der Waals surface area contributed by atoms with Gasteiger partial charge in [-0.15, -0.1) is 0 Å². The molecule has 3 nitrogen and oxygen atoms in total. The molecule has 0 saturated heterocycles. The average molecular weight is 199 g/mol. The van der Waals surface area contributed by atoms with E-state index in [1.165, 1.54) is 0 Å². The maximum absolute atomic E-state index is 13.1. The molecule has 1 aliphatic rings. The van der Waals surface area contributed by atoms with E-state index in [0.29, 0.717) is 24.2 Å². The number of hydrogen-bond donors (Lipinski definition) is 1. The summed E-state index contributed by atoms with van der Waals surface area (Å²) in [5.41, 5.74) is 0.889. The number of benzene rings is 1. The Bertz CT molecular complexity index is 404. The lowest BCUT2D eigenvalue weighted by Crippen LogP contribution is -1.95. The van der Waals surface area contributed by atoms with Crippen LogP contribution in [0.2, 0.25) is 0 Å². The van der Waals surface area contributed by atoms with Crippen LogP contribution in [-0.2, 0) is 6.42 Å². The van der Waals surface area contributed by atoms with Crippen molar-refractivity contribution in [2.45, 2.75) is 6.42 Å². The fraction of sp³-hybridized carbons (Fsp3) is 0.222. The van der Waals surface area contributed by atoms with E-state index in [1.807, 2.05) is 0 Å². The molecule has 0 radical (unpaired) electrons. The van der Waals surface area contributed by atoms with E-state index in [0.717, 1.165) is 12.3 Å². The van der Waals surface area contributed by atoms with E-state index >= 15 is 0 Å². The van der Waals surface area contributed by atoms with Gasteiger partial charge in [0.25, 0.3) is 0 Å². The van der Waals surface area contributed by atoms with Crippen LogP contribution in [0.4, 0.5) is 8.78 Å². The number of nitrogens with zero attached hydrogens (tertiary/aromatic N) is 1. The SMILES string of the molecule is ON=Cc1cc(F)c(F)c2c1CCO2. The minimum Gasteiger partial charge on any atom is -0.490 e. The van der Waals surface area contributed by atoms with Gasteiger partial charge in [0.2, 0.25) is 5.82 Å². The van der Waals surface area contributed by atoms with E-state index in [2.05, 4.69) is 5.16 Å². The lowest BCUT2D eigenvalue weighted by atomic mass is 10.1. The van der Waals surface area contributed by atoms with Gasteiger partial charge >= 0.3 is 0 Å². The highest BCUT2D eigenvalue weighted by Crippen LogP contribution is 2.32. The Morgan fingerprint density at radius 3 is 3.00 bits per heavy atom. The highest BCUT2D eigenvalue weighted by atomic mass is 19.2. The fourth-order valence-electron chi connectivity index (χ4n) is 1.50. The molecule has 2 rings (SSSR count). The van der Waals surface area contributed by atoms with Crippen molar-refractivity contribution in [3.05, 3.63) is 28.8 Å². The molecule has 0 amide bonds. The van der Waals surface area contributed by atoms with Crippen molar-refractivity contribution in [2.24, 2.45) is 5.16 Å². The van der Waals surface area contributed by atoms with Crippen molar-refractivity contribution in [2.75, 3.05) is 6.61 Å². The maximum atomic E-state index is 13.1. The highest BCUT2D eigenvalue weighted by Gasteiger charge is 2.23. The number of fused-ring (bicyclic) bond motifs is 1. The summed E-state index contributed by atoms with van der Waals surface area (Å²) in [6.45, 7) is 0.321. The largest absolute Gasteiger partial charge is 0.490 e. The average Bonchev–Trinajstić information content (AvgIpc) is 2.63. The Morgan fingerprint density at radius 1 is 1.50 bits per heavy atom. The predicted octanol–water partition coefficient (Wildman–Crippen LogP) is 1.71. The van der Waals surface area contributed by atoms with Crippen LogP contribution in [-0.4, -0.2) is 18.0 Å². The monoisotopic (exact) mass is 199 g/mol. The second kappa shape index (κ2) is 3.25. The molecule has 0 atom stereocenters. The second-order valence-electron chi connectivity index (χ2n) is 2.91. The van der Waals surface area contributed by atoms with E-state index in [4.69, 9.17) is 9.94 Å². The standard InChI is InChI=1S/C9H7F2NO2/c10-7-3-5(4-12-13)6-1-2-14-9(6)8(7)11/h3-4,13H,1-2H2. The zero-order chi connectivity index (χ0) is 10.1. The minimum atomic E-state index is -0.999. The van der Waals surface area contributed by atoms with Gasteiger partial charge in [-0.2, -0.15) is 4.39 Å². The van der Waals surface area contributed by atoms with Gasteiger partial charge in [-0.1, -0.05) is 5.16 Å². The van der Waals surface area contributed by atoms with Gasteiger partial charge in [0, 0.05) is 17.5 Å². The summed E-state index contributed by atoms with van der Waals surface area (Å²) in [6, 6.07) is 0.989. The van der Waals surface area contributed by atoms with E-state index in [1.54, 1.807) is 0 Å². The molecular weight excluding hydrogens is 192 g/mol. The molecule has 0 unspecified atom stereocenters. The molecule has 0 spiro atoms. The first kappa shape index (κ1) is 8.93. The summed E-state index contributed by atoms with van der Waals surface area (Å²) in [5, 5.41) is 11.1. The molecule has 0 saturated carbocycles. The Kier molecular flexibility index (Phi) is 2.07. The van der Waals surface area contributed by atoms with Gasteiger partial charge in [0.05, 0.1) is 12.8 Å². The lowest BCUT2D eigenvalue weighted by molar-refractivity contribution is 0.321. The molecule has 1 aromatic carbocycles. The summed E-state index contributed by atoms with van der Waals surface area (Å²) >= 11 is 0. The summed E-state index contributed by atoms with van der Waals surface area (Å²) in [5.74, 6) is -2.05. The Labute approximate surface area is 78.6 Å². The van der Waals surface area contributed by atoms with Crippen molar-refractivity contribution >= 4 is 6.21 Å². The summed E-state index contributed by atoms with van der Waals surface area (Å²) in [4.78, 5) is 0. The number of oxime groups is 1. The quantitative estimate of drug-likeness (QED) is 0.425. The topological polar surface area (TPSA) is 41.8 Å². The van der Waals surface area contributed by atoms with Crippen LogP contribution in [0.15, 0.2) is 11.2 Å². The fourth-order valence-corrected chi connectivity index (χ4v) is 1.50. The molecule has 74 valence electrons. The first-order valence-electron chi connectivity index (χ1n) is 4.05. The smallest absolute Gasteiger partial charge is 0.200 e. The van der Waals surface area contributed by atoms with Crippen LogP contribution in [0.5, 0.6) is 5.75 Å². The molecule has 0 aliphatic carbocycles. The zero-order valence-electron chi connectivity index (χ0n) is 7.13. The van der Waals surface area contributed by atoms with Gasteiger partial charge in [-0.25, -0.2) is 4.39 Å². The van der Waals surface area contributed by atoms with Crippen LogP contribution < -0.4 is 4.74 Å². The van der Waals surface area contributed by atoms with E-state index in [-0.39, 0.29) is 5.75 Å². The van der Waals surface area contributed by atoms with Gasteiger partial charge in [-0.3, -0.25) is 0 Å². The van der Waals surface area contributed by atoms with Crippen LogP contribution in [0.25, 0.3) is 0 Å². The molecule has 1 aliphatic heterocycles. The van der Waals surface area contributed by atoms with Crippen molar-refractivity contribution in [1.82, 2.24) is 0 Å². The molecule has 1 aromatic rings. The summed E-state index contributed by atoms with van der Waals surface area (Å²) < 4.78 is 31.0.